The van der Waals surface area contributed by atoms with Gasteiger partial charge in [-0.05, 0) is 63.2 Å². The van der Waals surface area contributed by atoms with Gasteiger partial charge in [-0.3, -0.25) is 9.59 Å². The molecule has 0 bridgehead atoms. The predicted octanol–water partition coefficient (Wildman–Crippen LogP) is 1.39. The molecule has 0 saturated heterocycles. The van der Waals surface area contributed by atoms with Gasteiger partial charge in [0.15, 0.2) is 0 Å². The van der Waals surface area contributed by atoms with Crippen LogP contribution in [-0.4, -0.2) is 54.8 Å². The number of carboxylic acid groups (broad SMARTS) is 2. The Bertz CT molecular complexity index is 679. The number of aliphatic carboxylic acids is 2. The molecule has 0 heterocycles. The Morgan fingerprint density at radius 3 is 2.19 bits per heavy atom. The number of aliphatic hydroxyl groups excluding tert-OH is 1. The largest absolute Gasteiger partial charge is 0.481 e. The first kappa shape index (κ1) is 19.2. The molecule has 4 saturated carbocycles. The smallest absolute Gasteiger partial charge is 0.312 e. The van der Waals surface area contributed by atoms with Gasteiger partial charge in [-0.25, -0.2) is 0 Å². The Labute approximate surface area is 158 Å². The topological polar surface area (TPSA) is 135 Å². The number of hydrogen-bond donors (Lipinski definition) is 5. The fraction of sp³-hybridized carbons (Fsp3) is 0.900. The molecule has 4 aliphatic carbocycles. The van der Waals surface area contributed by atoms with Crippen molar-refractivity contribution in [3.8, 4) is 0 Å². The van der Waals surface area contributed by atoms with Gasteiger partial charge in [0, 0.05) is 11.8 Å². The molecule has 0 amide bonds. The second-order valence-electron chi connectivity index (χ2n) is 9.77. The van der Waals surface area contributed by atoms with Crippen LogP contribution in [0.5, 0.6) is 0 Å². The van der Waals surface area contributed by atoms with E-state index in [1.807, 2.05) is 6.92 Å². The highest BCUT2D eigenvalue weighted by Crippen LogP contribution is 2.69. The molecule has 0 unspecified atom stereocenters. The lowest BCUT2D eigenvalue weighted by Crippen LogP contribution is -2.70. The summed E-state index contributed by atoms with van der Waals surface area (Å²) in [4.78, 5) is 24.3. The Balaban J connectivity index is 1.78. The van der Waals surface area contributed by atoms with Gasteiger partial charge < -0.3 is 25.5 Å². The van der Waals surface area contributed by atoms with Gasteiger partial charge >= 0.3 is 11.9 Å². The summed E-state index contributed by atoms with van der Waals surface area (Å²) in [6.45, 7) is 1.84. The van der Waals surface area contributed by atoms with Crippen molar-refractivity contribution in [2.24, 2.45) is 28.6 Å². The van der Waals surface area contributed by atoms with Gasteiger partial charge in [0.25, 0.3) is 0 Å². The molecule has 0 aliphatic heterocycles. The molecule has 7 heteroatoms. The maximum atomic E-state index is 12.5. The van der Waals surface area contributed by atoms with E-state index in [-0.39, 0.29) is 25.2 Å². The van der Waals surface area contributed by atoms with Gasteiger partial charge in [0.2, 0.25) is 0 Å². The standard InChI is InChI=1S/C20H30O7/c1-17-6-3-12-13(20(17,27)9-5-14(17)15(22)23)4-7-18(26)10-11(21)2-8-19(12,18)16(24)25/h11-14,21,26-27H,2-10H2,1H3,(H,22,23)(H,24,25)/t11-,12-,13+,14+,17-,18-,19-,20+/m1/s1. The lowest BCUT2D eigenvalue weighted by Gasteiger charge is -2.64. The van der Waals surface area contributed by atoms with Crippen molar-refractivity contribution in [2.45, 2.75) is 82.0 Å². The molecular formula is C20H30O7. The van der Waals surface area contributed by atoms with Crippen molar-refractivity contribution in [1.29, 1.82) is 0 Å². The minimum atomic E-state index is -1.48. The normalized spacial score (nSPS) is 54.5. The van der Waals surface area contributed by atoms with Gasteiger partial charge in [-0.2, -0.15) is 0 Å². The average molecular weight is 382 g/mol. The van der Waals surface area contributed by atoms with Crippen LogP contribution in [0, 0.1) is 28.6 Å². The van der Waals surface area contributed by atoms with E-state index in [1.165, 1.54) is 0 Å². The van der Waals surface area contributed by atoms with Gasteiger partial charge in [-0.1, -0.05) is 6.92 Å². The van der Waals surface area contributed by atoms with Crippen LogP contribution in [0.4, 0.5) is 0 Å². The second kappa shape index (κ2) is 5.67. The predicted molar refractivity (Wildman–Crippen MR) is 93.7 cm³/mol. The van der Waals surface area contributed by atoms with Crippen molar-refractivity contribution in [2.75, 3.05) is 0 Å². The minimum absolute atomic E-state index is 0.0516. The Hall–Kier alpha value is -1.18. The monoisotopic (exact) mass is 382 g/mol. The summed E-state index contributed by atoms with van der Waals surface area (Å²) >= 11 is 0. The SMILES string of the molecule is C[C@]12CC[C@@H]3[C@H](CC[C@@]4(O)C[C@H](O)CC[C@]34C(=O)O)[C@@]1(O)CC[C@H]2C(=O)O. The molecule has 8 atom stereocenters. The average Bonchev–Trinajstić information content (AvgIpc) is 2.85. The molecule has 4 aliphatic rings. The molecule has 4 rings (SSSR count). The van der Waals surface area contributed by atoms with Crippen molar-refractivity contribution in [3.05, 3.63) is 0 Å². The number of carboxylic acids is 2. The first-order chi connectivity index (χ1) is 12.5. The quantitative estimate of drug-likeness (QED) is 0.487. The summed E-state index contributed by atoms with van der Waals surface area (Å²) in [6, 6.07) is 0. The van der Waals surface area contributed by atoms with Crippen molar-refractivity contribution in [3.63, 3.8) is 0 Å². The van der Waals surface area contributed by atoms with E-state index in [0.717, 1.165) is 0 Å². The fourth-order valence-electron chi connectivity index (χ4n) is 7.70. The molecule has 0 aromatic heterocycles. The number of hydrogen-bond acceptors (Lipinski definition) is 5. The molecule has 0 aromatic carbocycles. The number of fused-ring (bicyclic) bond motifs is 5. The number of aliphatic hydroxyl groups is 3. The van der Waals surface area contributed by atoms with E-state index in [1.54, 1.807) is 0 Å². The van der Waals surface area contributed by atoms with Crippen LogP contribution < -0.4 is 0 Å². The molecule has 0 aromatic rings. The Morgan fingerprint density at radius 2 is 1.56 bits per heavy atom. The zero-order valence-corrected chi connectivity index (χ0v) is 15.7. The summed E-state index contributed by atoms with van der Waals surface area (Å²) in [6.07, 6.45) is 2.21. The van der Waals surface area contributed by atoms with Crippen LogP contribution in [0.25, 0.3) is 0 Å². The highest BCUT2D eigenvalue weighted by Gasteiger charge is 2.73. The first-order valence-corrected chi connectivity index (χ1v) is 10.1. The van der Waals surface area contributed by atoms with E-state index >= 15 is 0 Å². The molecule has 7 nitrogen and oxygen atoms in total. The molecule has 27 heavy (non-hydrogen) atoms. The minimum Gasteiger partial charge on any atom is -0.481 e. The highest BCUT2D eigenvalue weighted by atomic mass is 16.4. The molecular weight excluding hydrogens is 352 g/mol. The van der Waals surface area contributed by atoms with E-state index in [2.05, 4.69) is 0 Å². The lowest BCUT2D eigenvalue weighted by atomic mass is 9.41. The van der Waals surface area contributed by atoms with Gasteiger partial charge in [-0.15, -0.1) is 0 Å². The van der Waals surface area contributed by atoms with Gasteiger partial charge in [0.1, 0.15) is 0 Å². The van der Waals surface area contributed by atoms with Crippen LogP contribution in [0.2, 0.25) is 0 Å². The Morgan fingerprint density at radius 1 is 0.889 bits per heavy atom. The summed E-state index contributed by atoms with van der Waals surface area (Å²) in [5.41, 5.74) is -4.86. The fourth-order valence-corrected chi connectivity index (χ4v) is 7.70. The highest BCUT2D eigenvalue weighted by molar-refractivity contribution is 5.78. The van der Waals surface area contributed by atoms with Crippen LogP contribution in [0.15, 0.2) is 0 Å². The molecule has 0 spiro atoms. The summed E-state index contributed by atoms with van der Waals surface area (Å²) in [5, 5.41) is 53.0. The summed E-state index contributed by atoms with van der Waals surface area (Å²) in [5.74, 6) is -3.32. The maximum absolute atomic E-state index is 12.5. The summed E-state index contributed by atoms with van der Waals surface area (Å²) in [7, 11) is 0. The zero-order valence-electron chi connectivity index (χ0n) is 15.7. The molecule has 5 N–H and O–H groups in total. The van der Waals surface area contributed by atoms with Crippen molar-refractivity contribution >= 4 is 11.9 Å². The second-order valence-corrected chi connectivity index (χ2v) is 9.77. The van der Waals surface area contributed by atoms with E-state index in [9.17, 15) is 35.1 Å². The van der Waals surface area contributed by atoms with E-state index < -0.39 is 51.9 Å². The number of rotatable bonds is 2. The first-order valence-electron chi connectivity index (χ1n) is 10.1. The molecule has 4 fully saturated rings. The third-order valence-electron chi connectivity index (χ3n) is 9.10. The van der Waals surface area contributed by atoms with Crippen molar-refractivity contribution in [1.82, 2.24) is 0 Å². The maximum Gasteiger partial charge on any atom is 0.312 e. The molecule has 0 radical (unpaired) electrons. The Kier molecular flexibility index (Phi) is 4.02. The van der Waals surface area contributed by atoms with Crippen LogP contribution >= 0.6 is 0 Å². The summed E-state index contributed by atoms with van der Waals surface area (Å²) < 4.78 is 0. The third-order valence-corrected chi connectivity index (χ3v) is 9.10. The lowest BCUT2D eigenvalue weighted by molar-refractivity contribution is -0.261. The van der Waals surface area contributed by atoms with Crippen molar-refractivity contribution < 1.29 is 35.1 Å². The van der Waals surface area contributed by atoms with Crippen LogP contribution in [0.1, 0.15) is 64.7 Å². The van der Waals surface area contributed by atoms with E-state index in [0.29, 0.717) is 38.5 Å². The van der Waals surface area contributed by atoms with Gasteiger partial charge in [0.05, 0.1) is 28.6 Å². The van der Waals surface area contributed by atoms with Crippen LogP contribution in [-0.2, 0) is 9.59 Å². The van der Waals surface area contributed by atoms with Crippen LogP contribution in [0.3, 0.4) is 0 Å². The molecule has 152 valence electrons. The number of carbonyl (C=O) groups is 2. The third kappa shape index (κ3) is 2.13. The zero-order chi connectivity index (χ0) is 19.8. The van der Waals surface area contributed by atoms with E-state index in [4.69, 9.17) is 0 Å².